The first-order chi connectivity index (χ1) is 8.27. The summed E-state index contributed by atoms with van der Waals surface area (Å²) >= 11 is 0. The van der Waals surface area contributed by atoms with Gasteiger partial charge >= 0.3 is 0 Å². The van der Waals surface area contributed by atoms with Crippen molar-refractivity contribution in [2.45, 2.75) is 12.8 Å². The molecule has 2 heteroatoms. The van der Waals surface area contributed by atoms with Gasteiger partial charge in [0, 0.05) is 5.70 Å². The number of hydrogen-bond donors (Lipinski definition) is 2. The van der Waals surface area contributed by atoms with E-state index < -0.39 is 0 Å². The van der Waals surface area contributed by atoms with Gasteiger partial charge in [0.25, 0.3) is 0 Å². The molecule has 0 radical (unpaired) electrons. The molecule has 2 nitrogen and oxygen atoms in total. The van der Waals surface area contributed by atoms with Gasteiger partial charge in [-0.15, -0.1) is 0 Å². The fourth-order valence-electron chi connectivity index (χ4n) is 1.79. The maximum Gasteiger partial charge on any atom is 0.0632 e. The zero-order valence-corrected chi connectivity index (χ0v) is 9.69. The van der Waals surface area contributed by atoms with Crippen molar-refractivity contribution in [3.8, 4) is 0 Å². The van der Waals surface area contributed by atoms with Gasteiger partial charge < -0.3 is 11.1 Å². The lowest BCUT2D eigenvalue weighted by atomic mass is 10.00. The molecule has 0 atom stereocenters. The summed E-state index contributed by atoms with van der Waals surface area (Å²) in [4.78, 5) is 0. The smallest absolute Gasteiger partial charge is 0.0632 e. The van der Waals surface area contributed by atoms with E-state index in [1.165, 1.54) is 0 Å². The summed E-state index contributed by atoms with van der Waals surface area (Å²) in [5.41, 5.74) is 9.17. The molecule has 17 heavy (non-hydrogen) atoms. The second-order valence-electron chi connectivity index (χ2n) is 4.04. The van der Waals surface area contributed by atoms with Gasteiger partial charge in [0.2, 0.25) is 0 Å². The van der Waals surface area contributed by atoms with E-state index in [2.05, 4.69) is 6.08 Å². The van der Waals surface area contributed by atoms with E-state index in [0.717, 1.165) is 24.0 Å². The Labute approximate surface area is 102 Å². The van der Waals surface area contributed by atoms with Gasteiger partial charge in [0.15, 0.2) is 0 Å². The average Bonchev–Trinajstić information content (AvgIpc) is 2.40. The first kappa shape index (κ1) is 11.4. The van der Waals surface area contributed by atoms with E-state index in [1.807, 2.05) is 42.5 Å². The predicted molar refractivity (Wildman–Crippen MR) is 72.0 cm³/mol. The first-order valence-electron chi connectivity index (χ1n) is 5.74. The third-order valence-corrected chi connectivity index (χ3v) is 2.77. The van der Waals surface area contributed by atoms with Crippen LogP contribution in [0.15, 0.2) is 65.9 Å². The second kappa shape index (κ2) is 5.30. The van der Waals surface area contributed by atoms with Crippen LogP contribution in [0.4, 0.5) is 0 Å². The SMILES string of the molecule is N=C(/C=C(\N)C1=CC=CCC1)c1ccccc1. The van der Waals surface area contributed by atoms with Crippen LogP contribution in [0.1, 0.15) is 18.4 Å². The molecule has 1 aromatic rings. The predicted octanol–water partition coefficient (Wildman–Crippen LogP) is 3.17. The Bertz CT molecular complexity index is 493. The number of nitrogens with two attached hydrogens (primary N) is 1. The summed E-state index contributed by atoms with van der Waals surface area (Å²) in [7, 11) is 0. The molecule has 3 N–H and O–H groups in total. The molecular formula is C15H16N2. The fourth-order valence-corrected chi connectivity index (χ4v) is 1.79. The Morgan fingerprint density at radius 2 is 2.00 bits per heavy atom. The van der Waals surface area contributed by atoms with Crippen molar-refractivity contribution in [2.75, 3.05) is 0 Å². The van der Waals surface area contributed by atoms with Crippen LogP contribution >= 0.6 is 0 Å². The molecule has 1 aromatic carbocycles. The molecule has 0 bridgehead atoms. The summed E-state index contributed by atoms with van der Waals surface area (Å²) in [5, 5.41) is 7.98. The number of nitrogens with one attached hydrogen (secondary N) is 1. The lowest BCUT2D eigenvalue weighted by molar-refractivity contribution is 0.962. The Morgan fingerprint density at radius 3 is 2.65 bits per heavy atom. The lowest BCUT2D eigenvalue weighted by Gasteiger charge is -2.09. The van der Waals surface area contributed by atoms with Gasteiger partial charge in [-0.25, -0.2) is 0 Å². The van der Waals surface area contributed by atoms with E-state index in [9.17, 15) is 0 Å². The molecule has 2 rings (SSSR count). The molecule has 0 spiro atoms. The van der Waals surface area contributed by atoms with Gasteiger partial charge in [-0.3, -0.25) is 0 Å². The largest absolute Gasteiger partial charge is 0.398 e. The van der Waals surface area contributed by atoms with Crippen molar-refractivity contribution >= 4 is 5.71 Å². The molecule has 0 unspecified atom stereocenters. The average molecular weight is 224 g/mol. The van der Waals surface area contributed by atoms with Crippen molar-refractivity contribution in [3.63, 3.8) is 0 Å². The van der Waals surface area contributed by atoms with Gasteiger partial charge in [-0.2, -0.15) is 0 Å². The zero-order valence-electron chi connectivity index (χ0n) is 9.69. The minimum atomic E-state index is 0.457. The van der Waals surface area contributed by atoms with E-state index in [-0.39, 0.29) is 0 Å². The summed E-state index contributed by atoms with van der Waals surface area (Å²) in [6, 6.07) is 9.63. The van der Waals surface area contributed by atoms with Crippen molar-refractivity contribution in [1.82, 2.24) is 0 Å². The van der Waals surface area contributed by atoms with Crippen LogP contribution in [0, 0.1) is 5.41 Å². The van der Waals surface area contributed by atoms with Gasteiger partial charge in [-0.1, -0.05) is 48.6 Å². The minimum Gasteiger partial charge on any atom is -0.398 e. The van der Waals surface area contributed by atoms with E-state index >= 15 is 0 Å². The highest BCUT2D eigenvalue weighted by Gasteiger charge is 2.04. The monoisotopic (exact) mass is 224 g/mol. The second-order valence-corrected chi connectivity index (χ2v) is 4.04. The van der Waals surface area contributed by atoms with Gasteiger partial charge in [0.05, 0.1) is 5.71 Å². The third-order valence-electron chi connectivity index (χ3n) is 2.77. The van der Waals surface area contributed by atoms with Crippen LogP contribution in [0.25, 0.3) is 0 Å². The lowest BCUT2D eigenvalue weighted by Crippen LogP contribution is -2.06. The summed E-state index contributed by atoms with van der Waals surface area (Å²) in [6.07, 6.45) is 9.89. The van der Waals surface area contributed by atoms with Crippen LogP contribution in [0.5, 0.6) is 0 Å². The third kappa shape index (κ3) is 2.94. The normalized spacial score (nSPS) is 15.5. The zero-order chi connectivity index (χ0) is 12.1. The van der Waals surface area contributed by atoms with E-state index in [4.69, 9.17) is 11.1 Å². The summed E-state index contributed by atoms with van der Waals surface area (Å²) in [6.45, 7) is 0. The fraction of sp³-hybridized carbons (Fsp3) is 0.133. The number of rotatable bonds is 3. The molecule has 1 aliphatic carbocycles. The Kier molecular flexibility index (Phi) is 3.55. The molecule has 86 valence electrons. The molecule has 0 saturated carbocycles. The topological polar surface area (TPSA) is 49.9 Å². The Hall–Kier alpha value is -2.09. The molecule has 1 aliphatic rings. The van der Waals surface area contributed by atoms with Crippen molar-refractivity contribution in [1.29, 1.82) is 5.41 Å². The molecule has 0 saturated heterocycles. The minimum absolute atomic E-state index is 0.457. The Balaban J connectivity index is 2.17. The van der Waals surface area contributed by atoms with Crippen LogP contribution in [0.3, 0.4) is 0 Å². The Morgan fingerprint density at radius 1 is 1.24 bits per heavy atom. The number of hydrogen-bond acceptors (Lipinski definition) is 2. The van der Waals surface area contributed by atoms with Gasteiger partial charge in [0.1, 0.15) is 0 Å². The maximum absolute atomic E-state index is 7.98. The van der Waals surface area contributed by atoms with Crippen LogP contribution in [0.2, 0.25) is 0 Å². The molecule has 0 aromatic heterocycles. The van der Waals surface area contributed by atoms with Gasteiger partial charge in [-0.05, 0) is 30.1 Å². The van der Waals surface area contributed by atoms with Crippen molar-refractivity contribution in [3.05, 3.63) is 71.5 Å². The standard InChI is InChI=1S/C15H16N2/c16-14(12-7-3-1-4-8-12)11-15(17)13-9-5-2-6-10-13/h1-5,7-9,11,16H,6,10,17H2/b15-11-,16-14?. The van der Waals surface area contributed by atoms with Crippen molar-refractivity contribution < 1.29 is 0 Å². The highest BCUT2D eigenvalue weighted by molar-refractivity contribution is 6.07. The molecule has 0 amide bonds. The first-order valence-corrected chi connectivity index (χ1v) is 5.74. The molecule has 0 fully saturated rings. The van der Waals surface area contributed by atoms with Crippen LogP contribution < -0.4 is 5.73 Å². The molecule has 0 heterocycles. The highest BCUT2D eigenvalue weighted by Crippen LogP contribution is 2.17. The maximum atomic E-state index is 7.98. The molecular weight excluding hydrogens is 208 g/mol. The van der Waals surface area contributed by atoms with Crippen LogP contribution in [-0.4, -0.2) is 5.71 Å². The van der Waals surface area contributed by atoms with E-state index in [1.54, 1.807) is 6.08 Å². The quantitative estimate of drug-likeness (QED) is 0.761. The number of benzene rings is 1. The highest BCUT2D eigenvalue weighted by atomic mass is 14.6. The van der Waals surface area contributed by atoms with E-state index in [0.29, 0.717) is 11.4 Å². The van der Waals surface area contributed by atoms with Crippen molar-refractivity contribution in [2.24, 2.45) is 5.73 Å². The van der Waals surface area contributed by atoms with Crippen LogP contribution in [-0.2, 0) is 0 Å². The summed E-state index contributed by atoms with van der Waals surface area (Å²) < 4.78 is 0. The number of allylic oxidation sites excluding steroid dienone is 5. The summed E-state index contributed by atoms with van der Waals surface area (Å²) in [5.74, 6) is 0. The molecule has 0 aliphatic heterocycles.